The molecular formula is C70H136O17P2. The smallest absolute Gasteiger partial charge is 0.462 e. The van der Waals surface area contributed by atoms with Crippen LogP contribution in [0.4, 0.5) is 0 Å². The Hall–Kier alpha value is -1.94. The quantitative estimate of drug-likeness (QED) is 0.0222. The van der Waals surface area contributed by atoms with Gasteiger partial charge in [0.05, 0.1) is 26.4 Å². The molecule has 17 nitrogen and oxygen atoms in total. The molecule has 0 saturated heterocycles. The molecule has 0 aliphatic heterocycles. The Balaban J connectivity index is 5.18. The molecule has 0 bridgehead atoms. The van der Waals surface area contributed by atoms with Crippen molar-refractivity contribution < 1.29 is 80.2 Å². The number of aliphatic hydroxyl groups excluding tert-OH is 1. The Morgan fingerprint density at radius 1 is 0.303 bits per heavy atom. The number of carbonyl (C=O) groups is 4. The molecule has 0 radical (unpaired) electrons. The van der Waals surface area contributed by atoms with E-state index in [4.69, 9.17) is 37.0 Å². The molecule has 0 aliphatic carbocycles. The van der Waals surface area contributed by atoms with Crippen LogP contribution in [0.5, 0.6) is 0 Å². The number of ether oxygens (including phenoxy) is 4. The van der Waals surface area contributed by atoms with Gasteiger partial charge in [0.1, 0.15) is 19.3 Å². The molecule has 19 heteroatoms. The highest BCUT2D eigenvalue weighted by Crippen LogP contribution is 2.45. The van der Waals surface area contributed by atoms with Crippen LogP contribution in [0, 0.1) is 11.8 Å². The fraction of sp³-hybridized carbons (Fsp3) is 0.943. The first-order valence-corrected chi connectivity index (χ1v) is 39.5. The molecule has 3 N–H and O–H groups in total. The molecule has 0 saturated carbocycles. The fourth-order valence-electron chi connectivity index (χ4n) is 10.6. The molecular weight excluding hydrogens is 1170 g/mol. The molecule has 0 spiro atoms. The van der Waals surface area contributed by atoms with Crippen LogP contribution in [0.1, 0.15) is 356 Å². The van der Waals surface area contributed by atoms with E-state index in [1.807, 2.05) is 0 Å². The van der Waals surface area contributed by atoms with Crippen LogP contribution in [0.25, 0.3) is 0 Å². The van der Waals surface area contributed by atoms with Crippen LogP contribution < -0.4 is 0 Å². The number of aliphatic hydroxyl groups is 1. The van der Waals surface area contributed by atoms with Crippen molar-refractivity contribution in [3.63, 3.8) is 0 Å². The molecule has 0 rings (SSSR count). The number of unbranched alkanes of at least 4 members (excludes halogenated alkanes) is 39. The zero-order valence-electron chi connectivity index (χ0n) is 57.7. The summed E-state index contributed by atoms with van der Waals surface area (Å²) in [7, 11) is -9.89. The standard InChI is InChI=1S/C70H136O17P2/c1-7-9-11-13-15-17-29-36-42-48-54-69(74)86-65(58-80-67(72)52-46-40-34-16-14-12-10-8-2)60-84-88(76,77)82-56-64(71)57-83-89(78,79)85-61-66(59-81-68(73)53-47-41-35-31-26-28-33-39-45-51-63(5)6)87-70(75)55-49-43-37-30-25-23-21-19-18-20-22-24-27-32-38-44-50-62(3)4/h62-66,71H,7-61H2,1-6H3,(H,76,77)(H,78,79)/t64-,65+,66+/m0/s1. The zero-order chi connectivity index (χ0) is 65.7. The van der Waals surface area contributed by atoms with Gasteiger partial charge in [0.2, 0.25) is 0 Å². The number of hydrogen-bond donors (Lipinski definition) is 3. The summed E-state index contributed by atoms with van der Waals surface area (Å²) >= 11 is 0. The van der Waals surface area contributed by atoms with Crippen LogP contribution in [-0.4, -0.2) is 96.7 Å². The van der Waals surface area contributed by atoms with Gasteiger partial charge in [-0.2, -0.15) is 0 Å². The van der Waals surface area contributed by atoms with Gasteiger partial charge in [-0.15, -0.1) is 0 Å². The molecule has 5 atom stereocenters. The zero-order valence-corrected chi connectivity index (χ0v) is 59.5. The molecule has 0 fully saturated rings. The first-order chi connectivity index (χ1) is 42.9. The number of rotatable bonds is 69. The van der Waals surface area contributed by atoms with E-state index in [1.54, 1.807) is 0 Å². The lowest BCUT2D eigenvalue weighted by Crippen LogP contribution is -2.30. The van der Waals surface area contributed by atoms with Crippen LogP contribution in [0.3, 0.4) is 0 Å². The van der Waals surface area contributed by atoms with E-state index in [0.717, 1.165) is 108 Å². The monoisotopic (exact) mass is 1310 g/mol. The second kappa shape index (κ2) is 62.2. The summed E-state index contributed by atoms with van der Waals surface area (Å²) in [4.78, 5) is 72.4. The Kier molecular flexibility index (Phi) is 60.8. The average molecular weight is 1310 g/mol. The highest BCUT2D eigenvalue weighted by atomic mass is 31.2. The maximum atomic E-state index is 13.0. The lowest BCUT2D eigenvalue weighted by Gasteiger charge is -2.21. The molecule has 0 aliphatic rings. The second-order valence-electron chi connectivity index (χ2n) is 26.2. The van der Waals surface area contributed by atoms with E-state index >= 15 is 0 Å². The number of phosphoric ester groups is 2. The van der Waals surface area contributed by atoms with Crippen LogP contribution in [-0.2, 0) is 65.4 Å². The number of hydrogen-bond acceptors (Lipinski definition) is 15. The summed E-state index contributed by atoms with van der Waals surface area (Å²) < 4.78 is 68.2. The van der Waals surface area contributed by atoms with Crippen molar-refractivity contribution in [2.75, 3.05) is 39.6 Å². The molecule has 0 heterocycles. The Bertz CT molecular complexity index is 1730. The number of esters is 4. The molecule has 0 aromatic rings. The Labute approximate surface area is 543 Å². The average Bonchev–Trinajstić information content (AvgIpc) is 3.64. The summed E-state index contributed by atoms with van der Waals surface area (Å²) in [5, 5.41) is 10.6. The van der Waals surface area contributed by atoms with E-state index in [1.165, 1.54) is 167 Å². The first-order valence-electron chi connectivity index (χ1n) is 36.5. The molecule has 0 aromatic carbocycles. The predicted molar refractivity (Wildman–Crippen MR) is 358 cm³/mol. The third-order valence-electron chi connectivity index (χ3n) is 16.2. The number of carbonyl (C=O) groups excluding carboxylic acids is 4. The Morgan fingerprint density at radius 3 is 0.764 bits per heavy atom. The maximum absolute atomic E-state index is 13.0. The van der Waals surface area contributed by atoms with E-state index < -0.39 is 97.5 Å². The third-order valence-corrected chi connectivity index (χ3v) is 18.1. The van der Waals surface area contributed by atoms with Crippen molar-refractivity contribution >= 4 is 39.5 Å². The maximum Gasteiger partial charge on any atom is 0.472 e. The van der Waals surface area contributed by atoms with Crippen molar-refractivity contribution in [1.29, 1.82) is 0 Å². The van der Waals surface area contributed by atoms with Gasteiger partial charge in [-0.3, -0.25) is 37.3 Å². The second-order valence-corrected chi connectivity index (χ2v) is 29.1. The Morgan fingerprint density at radius 2 is 0.517 bits per heavy atom. The van der Waals surface area contributed by atoms with Crippen molar-refractivity contribution in [3.05, 3.63) is 0 Å². The van der Waals surface area contributed by atoms with E-state index in [9.17, 15) is 43.2 Å². The minimum Gasteiger partial charge on any atom is -0.462 e. The topological polar surface area (TPSA) is 237 Å². The SMILES string of the molecule is CCCCCCCCCCCCC(=O)O[C@H](COC(=O)CCCCCCCCCC)COP(=O)(O)OC[C@H](O)COP(=O)(O)OC[C@@H](COC(=O)CCCCCCCCCCCC(C)C)OC(=O)CCCCCCCCCCCCCCCCCCC(C)C. The van der Waals surface area contributed by atoms with Gasteiger partial charge >= 0.3 is 39.5 Å². The summed E-state index contributed by atoms with van der Waals surface area (Å²) in [6, 6.07) is 0. The predicted octanol–water partition coefficient (Wildman–Crippen LogP) is 20.0. The van der Waals surface area contributed by atoms with Crippen LogP contribution >= 0.6 is 15.6 Å². The van der Waals surface area contributed by atoms with Crippen LogP contribution in [0.2, 0.25) is 0 Å². The minimum absolute atomic E-state index is 0.106. The molecule has 89 heavy (non-hydrogen) atoms. The van der Waals surface area contributed by atoms with E-state index in [2.05, 4.69) is 41.5 Å². The van der Waals surface area contributed by atoms with Crippen molar-refractivity contribution in [2.24, 2.45) is 11.8 Å². The lowest BCUT2D eigenvalue weighted by atomic mass is 10.0. The largest absolute Gasteiger partial charge is 0.472 e. The summed E-state index contributed by atoms with van der Waals surface area (Å²) in [6.45, 7) is 9.52. The minimum atomic E-state index is -4.95. The van der Waals surface area contributed by atoms with Gasteiger partial charge < -0.3 is 33.8 Å². The van der Waals surface area contributed by atoms with Crippen molar-refractivity contribution in [1.82, 2.24) is 0 Å². The van der Waals surface area contributed by atoms with E-state index in [-0.39, 0.29) is 25.7 Å². The van der Waals surface area contributed by atoms with Crippen LogP contribution in [0.15, 0.2) is 0 Å². The highest BCUT2D eigenvalue weighted by Gasteiger charge is 2.30. The summed E-state index contributed by atoms with van der Waals surface area (Å²) in [5.74, 6) is -0.574. The van der Waals surface area contributed by atoms with Gasteiger partial charge in [-0.05, 0) is 37.5 Å². The van der Waals surface area contributed by atoms with Crippen molar-refractivity contribution in [3.8, 4) is 0 Å². The normalized spacial score (nSPS) is 14.1. The highest BCUT2D eigenvalue weighted by molar-refractivity contribution is 7.47. The summed E-state index contributed by atoms with van der Waals surface area (Å²) in [5.41, 5.74) is 0. The molecule has 0 amide bonds. The van der Waals surface area contributed by atoms with Gasteiger partial charge in [-0.1, -0.05) is 305 Å². The summed E-state index contributed by atoms with van der Waals surface area (Å²) in [6.07, 6.45) is 47.3. The molecule has 0 aromatic heterocycles. The van der Waals surface area contributed by atoms with Gasteiger partial charge in [-0.25, -0.2) is 9.13 Å². The van der Waals surface area contributed by atoms with Crippen molar-refractivity contribution in [2.45, 2.75) is 374 Å². The van der Waals surface area contributed by atoms with Gasteiger partial charge in [0, 0.05) is 25.7 Å². The van der Waals surface area contributed by atoms with E-state index in [0.29, 0.717) is 25.7 Å². The lowest BCUT2D eigenvalue weighted by molar-refractivity contribution is -0.161. The third kappa shape index (κ3) is 64.6. The molecule has 528 valence electrons. The fourth-order valence-corrected chi connectivity index (χ4v) is 12.2. The first kappa shape index (κ1) is 87.1. The number of phosphoric acid groups is 2. The van der Waals surface area contributed by atoms with Gasteiger partial charge in [0.25, 0.3) is 0 Å². The molecule has 2 unspecified atom stereocenters. The van der Waals surface area contributed by atoms with Gasteiger partial charge in [0.15, 0.2) is 12.2 Å².